The number of carbonyl (C=O) groups excluding carboxylic acids is 1. The number of ether oxygens (including phenoxy) is 1. The highest BCUT2D eigenvalue weighted by molar-refractivity contribution is 5.79. The van der Waals surface area contributed by atoms with Gasteiger partial charge in [-0.25, -0.2) is 4.79 Å². The first kappa shape index (κ1) is 15.8. The van der Waals surface area contributed by atoms with Gasteiger partial charge in [0.15, 0.2) is 0 Å². The van der Waals surface area contributed by atoms with Crippen molar-refractivity contribution in [2.24, 2.45) is 5.92 Å². The van der Waals surface area contributed by atoms with Gasteiger partial charge < -0.3 is 14.2 Å². The lowest BCUT2D eigenvalue weighted by atomic mass is 9.97. The number of benzene rings is 2. The summed E-state index contributed by atoms with van der Waals surface area (Å²) < 4.78 is 7.77. The van der Waals surface area contributed by atoms with E-state index in [1.165, 1.54) is 10.9 Å². The molecular weight excluding hydrogens is 312 g/mol. The Kier molecular flexibility index (Phi) is 4.42. The second kappa shape index (κ2) is 7.01. The van der Waals surface area contributed by atoms with Crippen LogP contribution in [0.3, 0.4) is 0 Å². The van der Waals surface area contributed by atoms with Crippen LogP contribution in [0.15, 0.2) is 66.9 Å². The molecule has 1 fully saturated rings. The van der Waals surface area contributed by atoms with E-state index in [1.807, 2.05) is 35.2 Å². The molecule has 3 aromatic rings. The Hall–Kier alpha value is -2.75. The van der Waals surface area contributed by atoms with Crippen LogP contribution < -0.4 is 4.74 Å². The zero-order chi connectivity index (χ0) is 17.1. The number of likely N-dealkylation sites (tertiary alicyclic amines) is 1. The minimum atomic E-state index is -0.240. The maximum atomic E-state index is 12.3. The summed E-state index contributed by atoms with van der Waals surface area (Å²) in [5.41, 5.74) is 1.29. The monoisotopic (exact) mass is 334 g/mol. The first-order valence-electron chi connectivity index (χ1n) is 8.85. The molecule has 4 heteroatoms. The molecule has 0 radical (unpaired) electrons. The van der Waals surface area contributed by atoms with Crippen molar-refractivity contribution < 1.29 is 9.53 Å². The van der Waals surface area contributed by atoms with Gasteiger partial charge in [0, 0.05) is 31.3 Å². The van der Waals surface area contributed by atoms with Crippen molar-refractivity contribution >= 4 is 17.0 Å². The molecule has 1 aliphatic heterocycles. The zero-order valence-corrected chi connectivity index (χ0v) is 14.2. The van der Waals surface area contributed by atoms with Crippen molar-refractivity contribution in [2.75, 3.05) is 13.1 Å². The van der Waals surface area contributed by atoms with Gasteiger partial charge in [-0.3, -0.25) is 0 Å². The third kappa shape index (κ3) is 3.53. The van der Waals surface area contributed by atoms with E-state index in [1.54, 1.807) is 0 Å². The molecule has 0 aliphatic carbocycles. The van der Waals surface area contributed by atoms with Gasteiger partial charge in [-0.1, -0.05) is 36.4 Å². The van der Waals surface area contributed by atoms with Gasteiger partial charge in [0.2, 0.25) is 0 Å². The molecule has 1 saturated heterocycles. The Bertz CT molecular complexity index is 848. The Morgan fingerprint density at radius 2 is 1.68 bits per heavy atom. The fourth-order valence-corrected chi connectivity index (χ4v) is 3.53. The van der Waals surface area contributed by atoms with Crippen molar-refractivity contribution in [2.45, 2.75) is 19.4 Å². The molecule has 0 unspecified atom stereocenters. The van der Waals surface area contributed by atoms with Crippen molar-refractivity contribution in [3.05, 3.63) is 66.9 Å². The van der Waals surface area contributed by atoms with Gasteiger partial charge in [0.1, 0.15) is 5.75 Å². The predicted molar refractivity (Wildman–Crippen MR) is 98.7 cm³/mol. The van der Waals surface area contributed by atoms with Gasteiger partial charge >= 0.3 is 6.09 Å². The molecule has 0 saturated carbocycles. The summed E-state index contributed by atoms with van der Waals surface area (Å²) in [7, 11) is 0. The van der Waals surface area contributed by atoms with Crippen LogP contribution in [0.4, 0.5) is 4.79 Å². The lowest BCUT2D eigenvalue weighted by molar-refractivity contribution is 0.128. The molecule has 4 rings (SSSR count). The highest BCUT2D eigenvalue weighted by atomic mass is 16.6. The fourth-order valence-electron chi connectivity index (χ4n) is 3.53. The van der Waals surface area contributed by atoms with Crippen LogP contribution in [-0.4, -0.2) is 28.6 Å². The topological polar surface area (TPSA) is 34.5 Å². The molecule has 2 aromatic carbocycles. The summed E-state index contributed by atoms with van der Waals surface area (Å²) in [5, 5.41) is 1.28. The molecule has 2 heterocycles. The Labute approximate surface area is 147 Å². The number of hydrogen-bond acceptors (Lipinski definition) is 2. The number of rotatable bonds is 3. The standard InChI is InChI=1S/C21H22N2O2/c24-21(25-19-7-2-1-3-8-19)22-13-10-17(11-14-22)16-23-15-12-18-6-4-5-9-20(18)23/h1-9,12,15,17H,10-11,13-14,16H2. The predicted octanol–water partition coefficient (Wildman–Crippen LogP) is 4.55. The smallest absolute Gasteiger partial charge is 0.410 e. The van der Waals surface area contributed by atoms with E-state index in [9.17, 15) is 4.79 Å². The molecule has 0 spiro atoms. The van der Waals surface area contributed by atoms with E-state index in [2.05, 4.69) is 41.1 Å². The first-order chi connectivity index (χ1) is 12.3. The molecule has 0 atom stereocenters. The van der Waals surface area contributed by atoms with Crippen LogP contribution in [0.2, 0.25) is 0 Å². The number of fused-ring (bicyclic) bond motifs is 1. The summed E-state index contributed by atoms with van der Waals surface area (Å²) in [6.45, 7) is 2.53. The van der Waals surface area contributed by atoms with Crippen LogP contribution in [-0.2, 0) is 6.54 Å². The number of amides is 1. The van der Waals surface area contributed by atoms with Gasteiger partial charge in [-0.2, -0.15) is 0 Å². The van der Waals surface area contributed by atoms with E-state index in [4.69, 9.17) is 4.74 Å². The molecule has 1 aliphatic rings. The van der Waals surface area contributed by atoms with Crippen LogP contribution in [0.1, 0.15) is 12.8 Å². The SMILES string of the molecule is O=C(Oc1ccccc1)N1CCC(Cn2ccc3ccccc32)CC1. The third-order valence-corrected chi connectivity index (χ3v) is 4.96. The van der Waals surface area contributed by atoms with Gasteiger partial charge in [-0.05, 0) is 48.4 Å². The lowest BCUT2D eigenvalue weighted by Gasteiger charge is -2.31. The van der Waals surface area contributed by atoms with Crippen molar-refractivity contribution in [1.29, 1.82) is 0 Å². The fraction of sp³-hybridized carbons (Fsp3) is 0.286. The van der Waals surface area contributed by atoms with E-state index in [0.29, 0.717) is 11.7 Å². The van der Waals surface area contributed by atoms with Crippen LogP contribution in [0.5, 0.6) is 5.75 Å². The first-order valence-corrected chi connectivity index (χ1v) is 8.85. The third-order valence-electron chi connectivity index (χ3n) is 4.96. The summed E-state index contributed by atoms with van der Waals surface area (Å²) >= 11 is 0. The normalized spacial score (nSPS) is 15.4. The van der Waals surface area contributed by atoms with E-state index < -0.39 is 0 Å². The quantitative estimate of drug-likeness (QED) is 0.704. The maximum absolute atomic E-state index is 12.3. The average molecular weight is 334 g/mol. The lowest BCUT2D eigenvalue weighted by Crippen LogP contribution is -2.40. The van der Waals surface area contributed by atoms with E-state index in [-0.39, 0.29) is 6.09 Å². The maximum Gasteiger partial charge on any atom is 0.415 e. The number of para-hydroxylation sites is 2. The van der Waals surface area contributed by atoms with Crippen LogP contribution in [0.25, 0.3) is 10.9 Å². The molecule has 0 bridgehead atoms. The number of carbonyl (C=O) groups is 1. The molecular formula is C21H22N2O2. The minimum Gasteiger partial charge on any atom is -0.410 e. The molecule has 1 aromatic heterocycles. The Morgan fingerprint density at radius 3 is 2.48 bits per heavy atom. The van der Waals surface area contributed by atoms with Crippen molar-refractivity contribution in [1.82, 2.24) is 9.47 Å². The number of hydrogen-bond donors (Lipinski definition) is 0. The second-order valence-electron chi connectivity index (χ2n) is 6.64. The minimum absolute atomic E-state index is 0.240. The number of piperidine rings is 1. The molecule has 25 heavy (non-hydrogen) atoms. The molecule has 4 nitrogen and oxygen atoms in total. The van der Waals surface area contributed by atoms with Crippen molar-refractivity contribution in [3.63, 3.8) is 0 Å². The summed E-state index contributed by atoms with van der Waals surface area (Å²) in [6.07, 6.45) is 3.95. The van der Waals surface area contributed by atoms with E-state index >= 15 is 0 Å². The van der Waals surface area contributed by atoms with Gasteiger partial charge in [0.25, 0.3) is 0 Å². The molecule has 128 valence electrons. The van der Waals surface area contributed by atoms with Gasteiger partial charge in [-0.15, -0.1) is 0 Å². The Morgan fingerprint density at radius 1 is 0.960 bits per heavy atom. The Balaban J connectivity index is 1.33. The number of nitrogens with zero attached hydrogens (tertiary/aromatic N) is 2. The summed E-state index contributed by atoms with van der Waals surface area (Å²) in [6, 6.07) is 19.9. The summed E-state index contributed by atoms with van der Waals surface area (Å²) in [5.74, 6) is 1.20. The van der Waals surface area contributed by atoms with Crippen molar-refractivity contribution in [3.8, 4) is 5.75 Å². The zero-order valence-electron chi connectivity index (χ0n) is 14.2. The largest absolute Gasteiger partial charge is 0.415 e. The second-order valence-corrected chi connectivity index (χ2v) is 6.64. The van der Waals surface area contributed by atoms with Gasteiger partial charge in [0.05, 0.1) is 0 Å². The van der Waals surface area contributed by atoms with Crippen LogP contribution in [0, 0.1) is 5.92 Å². The van der Waals surface area contributed by atoms with E-state index in [0.717, 1.165) is 32.5 Å². The highest BCUT2D eigenvalue weighted by Gasteiger charge is 2.24. The number of aromatic nitrogens is 1. The molecule has 0 N–H and O–H groups in total. The van der Waals surface area contributed by atoms with Crippen LogP contribution >= 0.6 is 0 Å². The summed E-state index contributed by atoms with van der Waals surface area (Å²) in [4.78, 5) is 14.1. The molecule has 1 amide bonds. The highest BCUT2D eigenvalue weighted by Crippen LogP contribution is 2.23. The average Bonchev–Trinajstić information content (AvgIpc) is 3.06.